The average Bonchev–Trinajstić information content (AvgIpc) is 3.58. The lowest BCUT2D eigenvalue weighted by Gasteiger charge is -2.23. The fourth-order valence-electron chi connectivity index (χ4n) is 4.36. The molecule has 1 atom stereocenters. The minimum absolute atomic E-state index is 0.0757. The third-order valence-corrected chi connectivity index (χ3v) is 7.12. The number of amides is 2. The first-order valence-corrected chi connectivity index (χ1v) is 13.0. The highest BCUT2D eigenvalue weighted by atomic mass is 35.5. The van der Waals surface area contributed by atoms with E-state index in [4.69, 9.17) is 21.5 Å². The number of tetrazole rings is 1. The number of rotatable bonds is 6. The normalized spacial score (nSPS) is 15.7. The molecular formula is C23H22ClFN8O4S. The fourth-order valence-corrected chi connectivity index (χ4v) is 4.96. The second-order valence-corrected chi connectivity index (χ2v) is 10.3. The molecule has 0 bridgehead atoms. The summed E-state index contributed by atoms with van der Waals surface area (Å²) < 4.78 is 31.3. The third kappa shape index (κ3) is 5.48. The van der Waals surface area contributed by atoms with Crippen molar-refractivity contribution in [3.8, 4) is 0 Å². The van der Waals surface area contributed by atoms with E-state index >= 15 is 0 Å². The van der Waals surface area contributed by atoms with E-state index in [0.29, 0.717) is 35.2 Å². The maximum absolute atomic E-state index is 14.4. The van der Waals surface area contributed by atoms with Crippen molar-refractivity contribution in [2.24, 2.45) is 5.14 Å². The number of nitrogens with zero attached hydrogens (tertiary/aromatic N) is 7. The summed E-state index contributed by atoms with van der Waals surface area (Å²) in [5, 5.41) is 17.6. The van der Waals surface area contributed by atoms with Gasteiger partial charge in [0.2, 0.25) is 0 Å². The lowest BCUT2D eigenvalue weighted by atomic mass is 10.2. The number of nitrogens with two attached hydrogens (primary N) is 1. The molecule has 1 aromatic carbocycles. The molecule has 5 rings (SSSR count). The monoisotopic (exact) mass is 560 g/mol. The van der Waals surface area contributed by atoms with Crippen molar-refractivity contribution in [2.75, 3.05) is 26.2 Å². The molecule has 0 fully saturated rings. The molecular weight excluding hydrogens is 539 g/mol. The predicted octanol–water partition coefficient (Wildman–Crippen LogP) is 1.60. The number of hydrogen-bond acceptors (Lipinski definition) is 9. The van der Waals surface area contributed by atoms with Gasteiger partial charge < -0.3 is 19.1 Å². The number of ether oxygens (including phenoxy) is 1. The summed E-state index contributed by atoms with van der Waals surface area (Å²) in [6.07, 6.45) is 0.948. The fraction of sp³-hybridized carbons (Fsp3) is 0.304. The maximum Gasteiger partial charge on any atom is 0.410 e. The second-order valence-electron chi connectivity index (χ2n) is 8.84. The molecule has 1 unspecified atom stereocenters. The standard InChI is InChI=1S/C23H22ClFN8O4S/c1-13-28-30-33(29-13)11-14-4-17(24)6-27-21(14)12-37-23(35)32-9-15-7-31(8-16(15)10-32)22(34)19-3-2-18(38(26)36)5-20(19)25/h2-6H,7-12,26H2,1H3. The molecule has 2 aliphatic rings. The van der Waals surface area contributed by atoms with Crippen molar-refractivity contribution >= 4 is 35.0 Å². The summed E-state index contributed by atoms with van der Waals surface area (Å²) in [5.41, 5.74) is 2.90. The molecule has 2 aliphatic heterocycles. The molecule has 0 spiro atoms. The average molecular weight is 561 g/mol. The quantitative estimate of drug-likeness (QED) is 0.349. The molecule has 2 amide bonds. The molecule has 4 heterocycles. The van der Waals surface area contributed by atoms with Gasteiger partial charge in [-0.2, -0.15) is 4.80 Å². The van der Waals surface area contributed by atoms with E-state index in [0.717, 1.165) is 17.2 Å². The van der Waals surface area contributed by atoms with Crippen LogP contribution in [0.1, 0.15) is 27.4 Å². The Hall–Kier alpha value is -3.59. The smallest absolute Gasteiger partial charge is 0.410 e. The minimum atomic E-state index is -1.84. The van der Waals surface area contributed by atoms with Crippen LogP contribution in [-0.4, -0.2) is 77.7 Å². The number of carbonyl (C=O) groups is 2. The molecule has 15 heteroatoms. The Morgan fingerprint density at radius 3 is 2.53 bits per heavy atom. The first-order chi connectivity index (χ1) is 18.2. The SMILES string of the molecule is Cc1nnn(Cc2cc(Cl)cnc2COC(=O)N2CC3=C(C2)CN(C(=O)c2ccc([S+](N)[O-])cc2F)C3)n1. The summed E-state index contributed by atoms with van der Waals surface area (Å²) in [6, 6.07) is 5.36. The van der Waals surface area contributed by atoms with Gasteiger partial charge >= 0.3 is 6.09 Å². The van der Waals surface area contributed by atoms with E-state index in [2.05, 4.69) is 20.4 Å². The minimum Gasteiger partial charge on any atom is -0.593 e. The molecule has 3 aromatic rings. The predicted molar refractivity (Wildman–Crippen MR) is 133 cm³/mol. The number of carbonyl (C=O) groups excluding carboxylic acids is 2. The van der Waals surface area contributed by atoms with Gasteiger partial charge in [0.1, 0.15) is 12.4 Å². The van der Waals surface area contributed by atoms with Crippen LogP contribution in [0, 0.1) is 12.7 Å². The lowest BCUT2D eigenvalue weighted by Crippen LogP contribution is -2.37. The van der Waals surface area contributed by atoms with Gasteiger partial charge in [0.25, 0.3) is 5.91 Å². The highest BCUT2D eigenvalue weighted by Gasteiger charge is 2.35. The van der Waals surface area contributed by atoms with Gasteiger partial charge in [-0.15, -0.1) is 15.3 Å². The van der Waals surface area contributed by atoms with Crippen molar-refractivity contribution in [3.05, 3.63) is 75.1 Å². The molecule has 2 N–H and O–H groups in total. The lowest BCUT2D eigenvalue weighted by molar-refractivity contribution is 0.0781. The molecule has 38 heavy (non-hydrogen) atoms. The van der Waals surface area contributed by atoms with Crippen LogP contribution in [0.4, 0.5) is 9.18 Å². The van der Waals surface area contributed by atoms with Gasteiger partial charge in [-0.05, 0) is 41.5 Å². The van der Waals surface area contributed by atoms with Crippen LogP contribution in [-0.2, 0) is 29.3 Å². The molecule has 12 nitrogen and oxygen atoms in total. The molecule has 2 aromatic heterocycles. The van der Waals surface area contributed by atoms with Crippen molar-refractivity contribution in [2.45, 2.75) is 25.0 Å². The Morgan fingerprint density at radius 1 is 1.18 bits per heavy atom. The Labute approximate surface area is 224 Å². The van der Waals surface area contributed by atoms with Crippen LogP contribution in [0.2, 0.25) is 5.02 Å². The Bertz CT molecular complexity index is 1430. The molecule has 198 valence electrons. The van der Waals surface area contributed by atoms with Crippen LogP contribution < -0.4 is 5.14 Å². The third-order valence-electron chi connectivity index (χ3n) is 6.20. The van der Waals surface area contributed by atoms with E-state index in [1.807, 2.05) is 0 Å². The van der Waals surface area contributed by atoms with Crippen LogP contribution >= 0.6 is 11.6 Å². The first kappa shape index (κ1) is 26.0. The Kier molecular flexibility index (Phi) is 7.29. The topological polar surface area (TPSA) is 155 Å². The van der Waals surface area contributed by atoms with Crippen molar-refractivity contribution in [3.63, 3.8) is 0 Å². The highest BCUT2D eigenvalue weighted by molar-refractivity contribution is 7.89. The van der Waals surface area contributed by atoms with Crippen molar-refractivity contribution < 1.29 is 23.3 Å². The van der Waals surface area contributed by atoms with E-state index in [9.17, 15) is 18.5 Å². The summed E-state index contributed by atoms with van der Waals surface area (Å²) in [4.78, 5) is 34.5. The number of halogens is 2. The van der Waals surface area contributed by atoms with Gasteiger partial charge in [-0.25, -0.2) is 9.18 Å². The van der Waals surface area contributed by atoms with Crippen LogP contribution in [0.3, 0.4) is 0 Å². The van der Waals surface area contributed by atoms with Crippen LogP contribution in [0.15, 0.2) is 46.5 Å². The van der Waals surface area contributed by atoms with Gasteiger partial charge in [-0.1, -0.05) is 11.6 Å². The number of aromatic nitrogens is 5. The van der Waals surface area contributed by atoms with Gasteiger partial charge in [0.15, 0.2) is 10.7 Å². The zero-order valence-corrected chi connectivity index (χ0v) is 21.7. The first-order valence-electron chi connectivity index (χ1n) is 11.4. The van der Waals surface area contributed by atoms with Crippen LogP contribution in [0.25, 0.3) is 0 Å². The zero-order chi connectivity index (χ0) is 27.0. The van der Waals surface area contributed by atoms with Gasteiger partial charge in [-0.3, -0.25) is 9.78 Å². The Balaban J connectivity index is 1.16. The molecule has 0 saturated carbocycles. The number of benzene rings is 1. The largest absolute Gasteiger partial charge is 0.593 e. The van der Waals surface area contributed by atoms with E-state index in [1.54, 1.807) is 13.0 Å². The summed E-state index contributed by atoms with van der Waals surface area (Å²) in [7, 11) is 0. The molecule has 0 aliphatic carbocycles. The van der Waals surface area contributed by atoms with Gasteiger partial charge in [0, 0.05) is 44.0 Å². The second kappa shape index (κ2) is 10.6. The molecule has 0 radical (unpaired) electrons. The summed E-state index contributed by atoms with van der Waals surface area (Å²) in [6.45, 7) is 3.06. The zero-order valence-electron chi connectivity index (χ0n) is 20.1. The summed E-state index contributed by atoms with van der Waals surface area (Å²) >= 11 is 4.25. The van der Waals surface area contributed by atoms with Gasteiger partial charge in [0.05, 0.1) is 34.2 Å². The summed E-state index contributed by atoms with van der Waals surface area (Å²) in [5.74, 6) is -0.748. The molecule has 0 saturated heterocycles. The highest BCUT2D eigenvalue weighted by Crippen LogP contribution is 2.28. The maximum atomic E-state index is 14.4. The van der Waals surface area contributed by atoms with E-state index in [1.165, 1.54) is 32.9 Å². The Morgan fingerprint density at radius 2 is 1.89 bits per heavy atom. The van der Waals surface area contributed by atoms with E-state index < -0.39 is 29.2 Å². The van der Waals surface area contributed by atoms with Crippen LogP contribution in [0.5, 0.6) is 0 Å². The number of pyridine rings is 1. The number of aryl methyl sites for hydroxylation is 1. The van der Waals surface area contributed by atoms with Crippen molar-refractivity contribution in [1.82, 2.24) is 35.0 Å². The van der Waals surface area contributed by atoms with E-state index in [-0.39, 0.29) is 36.7 Å². The van der Waals surface area contributed by atoms with Crippen molar-refractivity contribution in [1.29, 1.82) is 0 Å². The number of hydrogen-bond donors (Lipinski definition) is 1.